The van der Waals surface area contributed by atoms with E-state index >= 15 is 0 Å². The highest BCUT2D eigenvalue weighted by Gasteiger charge is 2.35. The molecule has 1 aliphatic heterocycles. The van der Waals surface area contributed by atoms with E-state index in [1.54, 1.807) is 0 Å². The fourth-order valence-corrected chi connectivity index (χ4v) is 2.35. The molecular weight excluding hydrogens is 280 g/mol. The Morgan fingerprint density at radius 1 is 1.41 bits per heavy atom. The summed E-state index contributed by atoms with van der Waals surface area (Å²) in [6, 6.07) is 11.8. The summed E-state index contributed by atoms with van der Waals surface area (Å²) in [6.45, 7) is 3.36. The first kappa shape index (κ1) is 16.3. The van der Waals surface area contributed by atoms with Gasteiger partial charge in [0.15, 0.2) is 0 Å². The van der Waals surface area contributed by atoms with Gasteiger partial charge >= 0.3 is 0 Å². The lowest BCUT2D eigenvalue weighted by Gasteiger charge is -2.32. The topological polar surface area (TPSA) is 71.3 Å². The van der Waals surface area contributed by atoms with Crippen molar-refractivity contribution in [3.63, 3.8) is 0 Å². The molecule has 118 valence electrons. The van der Waals surface area contributed by atoms with Crippen molar-refractivity contribution in [2.75, 3.05) is 19.8 Å². The average molecular weight is 302 g/mol. The maximum atomic E-state index is 12.3. The molecule has 1 aliphatic rings. The summed E-state index contributed by atoms with van der Waals surface area (Å²) in [7, 11) is 0. The molecule has 2 rings (SSSR count). The van der Waals surface area contributed by atoms with Gasteiger partial charge in [-0.1, -0.05) is 25.1 Å². The zero-order valence-corrected chi connectivity index (χ0v) is 12.9. The number of nitriles is 1. The van der Waals surface area contributed by atoms with E-state index in [4.69, 9.17) is 9.47 Å². The van der Waals surface area contributed by atoms with Gasteiger partial charge in [-0.15, -0.1) is 0 Å². The molecule has 0 radical (unpaired) electrons. The lowest BCUT2D eigenvalue weighted by molar-refractivity contribution is -0.127. The van der Waals surface area contributed by atoms with Crippen molar-refractivity contribution < 1.29 is 14.3 Å². The highest BCUT2D eigenvalue weighted by atomic mass is 16.5. The van der Waals surface area contributed by atoms with Crippen LogP contribution in [0.1, 0.15) is 26.2 Å². The number of amides is 1. The highest BCUT2D eigenvalue weighted by Crippen LogP contribution is 2.21. The predicted octanol–water partition coefficient (Wildman–Crippen LogP) is 2.28. The number of rotatable bonds is 6. The summed E-state index contributed by atoms with van der Waals surface area (Å²) >= 11 is 0. The van der Waals surface area contributed by atoms with E-state index in [0.29, 0.717) is 39.1 Å². The minimum absolute atomic E-state index is 0.0971. The Morgan fingerprint density at radius 3 is 2.73 bits per heavy atom. The summed E-state index contributed by atoms with van der Waals surface area (Å²) in [6.07, 6.45) is 1.70. The Kier molecular flexibility index (Phi) is 5.79. The minimum atomic E-state index is -0.774. The smallest absolute Gasteiger partial charge is 0.224 e. The van der Waals surface area contributed by atoms with E-state index in [1.807, 2.05) is 37.3 Å². The first-order valence-electron chi connectivity index (χ1n) is 7.64. The predicted molar refractivity (Wildman–Crippen MR) is 82.3 cm³/mol. The molecule has 0 aromatic heterocycles. The van der Waals surface area contributed by atoms with Gasteiger partial charge < -0.3 is 14.8 Å². The van der Waals surface area contributed by atoms with E-state index in [0.717, 1.165) is 5.75 Å². The molecule has 1 aromatic carbocycles. The van der Waals surface area contributed by atoms with Crippen molar-refractivity contribution in [1.29, 1.82) is 5.26 Å². The van der Waals surface area contributed by atoms with Crippen LogP contribution in [0.25, 0.3) is 0 Å². The number of hydrogen-bond donors (Lipinski definition) is 1. The summed E-state index contributed by atoms with van der Waals surface area (Å²) in [5, 5.41) is 12.2. The molecule has 0 unspecified atom stereocenters. The van der Waals surface area contributed by atoms with Crippen LogP contribution in [0.15, 0.2) is 30.3 Å². The van der Waals surface area contributed by atoms with Gasteiger partial charge in [0.2, 0.25) is 5.91 Å². The third-order valence-electron chi connectivity index (χ3n) is 3.93. The maximum Gasteiger partial charge on any atom is 0.224 e. The number of carbonyl (C=O) groups is 1. The van der Waals surface area contributed by atoms with E-state index in [9.17, 15) is 10.1 Å². The number of hydrogen-bond acceptors (Lipinski definition) is 4. The Morgan fingerprint density at radius 2 is 2.09 bits per heavy atom. The van der Waals surface area contributed by atoms with E-state index in [2.05, 4.69) is 11.4 Å². The van der Waals surface area contributed by atoms with Gasteiger partial charge in [-0.25, -0.2) is 0 Å². The van der Waals surface area contributed by atoms with Crippen molar-refractivity contribution in [3.8, 4) is 11.8 Å². The molecule has 1 atom stereocenters. The van der Waals surface area contributed by atoms with Crippen LogP contribution in [0.5, 0.6) is 5.75 Å². The van der Waals surface area contributed by atoms with Crippen molar-refractivity contribution in [2.24, 2.45) is 5.92 Å². The van der Waals surface area contributed by atoms with Crippen LogP contribution in [0.2, 0.25) is 0 Å². The lowest BCUT2D eigenvalue weighted by Crippen LogP contribution is -2.52. The fourth-order valence-electron chi connectivity index (χ4n) is 2.35. The Labute approximate surface area is 131 Å². The van der Waals surface area contributed by atoms with Gasteiger partial charge in [0, 0.05) is 32.0 Å². The van der Waals surface area contributed by atoms with Crippen molar-refractivity contribution in [1.82, 2.24) is 5.32 Å². The summed E-state index contributed by atoms with van der Waals surface area (Å²) in [4.78, 5) is 12.3. The van der Waals surface area contributed by atoms with Crippen LogP contribution in [-0.4, -0.2) is 31.3 Å². The number of benzene rings is 1. The monoisotopic (exact) mass is 302 g/mol. The highest BCUT2D eigenvalue weighted by molar-refractivity contribution is 5.79. The molecule has 1 aromatic rings. The molecule has 1 fully saturated rings. The van der Waals surface area contributed by atoms with Gasteiger partial charge in [-0.2, -0.15) is 5.26 Å². The summed E-state index contributed by atoms with van der Waals surface area (Å²) < 4.78 is 10.9. The van der Waals surface area contributed by atoms with Gasteiger partial charge in [0.1, 0.15) is 11.3 Å². The number of carbonyl (C=O) groups excluding carboxylic acids is 1. The van der Waals surface area contributed by atoms with Crippen LogP contribution in [0, 0.1) is 17.2 Å². The number of nitrogens with one attached hydrogen (secondary N) is 1. The lowest BCUT2D eigenvalue weighted by atomic mass is 9.90. The third-order valence-corrected chi connectivity index (χ3v) is 3.93. The largest absolute Gasteiger partial charge is 0.494 e. The molecular formula is C17H22N2O3. The second-order valence-electron chi connectivity index (χ2n) is 5.65. The van der Waals surface area contributed by atoms with Crippen LogP contribution in [-0.2, 0) is 9.53 Å². The van der Waals surface area contributed by atoms with Crippen LogP contribution >= 0.6 is 0 Å². The van der Waals surface area contributed by atoms with E-state index in [1.165, 1.54) is 0 Å². The zero-order valence-electron chi connectivity index (χ0n) is 12.9. The van der Waals surface area contributed by atoms with E-state index in [-0.39, 0.29) is 11.8 Å². The summed E-state index contributed by atoms with van der Waals surface area (Å²) in [5.41, 5.74) is -0.774. The number of ether oxygens (including phenoxy) is 2. The van der Waals surface area contributed by atoms with Crippen LogP contribution < -0.4 is 10.1 Å². The van der Waals surface area contributed by atoms with E-state index < -0.39 is 5.54 Å². The van der Waals surface area contributed by atoms with Crippen LogP contribution in [0.4, 0.5) is 0 Å². The second kappa shape index (κ2) is 7.81. The van der Waals surface area contributed by atoms with Gasteiger partial charge in [0.05, 0.1) is 12.7 Å². The Hall–Kier alpha value is -2.06. The SMILES string of the molecule is C[C@@H](CCOc1ccccc1)C(=O)NC1(C#N)CCOCC1. The first-order valence-corrected chi connectivity index (χ1v) is 7.64. The van der Waals surface area contributed by atoms with Crippen LogP contribution in [0.3, 0.4) is 0 Å². The first-order chi connectivity index (χ1) is 10.7. The molecule has 1 saturated heterocycles. The maximum absolute atomic E-state index is 12.3. The zero-order chi connectivity index (χ0) is 15.8. The van der Waals surface area contributed by atoms with Crippen molar-refractivity contribution in [2.45, 2.75) is 31.7 Å². The molecule has 1 heterocycles. The molecule has 1 amide bonds. The average Bonchev–Trinajstić information content (AvgIpc) is 2.56. The third kappa shape index (κ3) is 4.47. The van der Waals surface area contributed by atoms with Gasteiger partial charge in [-0.05, 0) is 18.6 Å². The van der Waals surface area contributed by atoms with Crippen molar-refractivity contribution in [3.05, 3.63) is 30.3 Å². The Bertz CT molecular complexity index is 518. The quantitative estimate of drug-likeness (QED) is 0.875. The molecule has 22 heavy (non-hydrogen) atoms. The number of nitrogens with zero attached hydrogens (tertiary/aromatic N) is 1. The normalized spacial score (nSPS) is 18.0. The minimum Gasteiger partial charge on any atom is -0.494 e. The van der Waals surface area contributed by atoms with Gasteiger partial charge in [-0.3, -0.25) is 4.79 Å². The molecule has 0 spiro atoms. The molecule has 5 heteroatoms. The Balaban J connectivity index is 1.78. The molecule has 0 aliphatic carbocycles. The van der Waals surface area contributed by atoms with Gasteiger partial charge in [0.25, 0.3) is 0 Å². The number of para-hydroxylation sites is 1. The van der Waals surface area contributed by atoms with Crippen molar-refractivity contribution >= 4 is 5.91 Å². The standard InChI is InChI=1S/C17H22N2O3/c1-14(7-10-22-15-5-3-2-4-6-15)16(20)19-17(13-18)8-11-21-12-9-17/h2-6,14H,7-12H2,1H3,(H,19,20)/t14-/m0/s1. The molecule has 0 saturated carbocycles. The molecule has 5 nitrogen and oxygen atoms in total. The summed E-state index contributed by atoms with van der Waals surface area (Å²) in [5.74, 6) is 0.505. The second-order valence-corrected chi connectivity index (χ2v) is 5.65. The fraction of sp³-hybridized carbons (Fsp3) is 0.529. The molecule has 0 bridgehead atoms. The molecule has 1 N–H and O–H groups in total.